The molecule has 1 aliphatic heterocycles. The van der Waals surface area contributed by atoms with Gasteiger partial charge in [-0.2, -0.15) is 0 Å². The van der Waals surface area contributed by atoms with Gasteiger partial charge >= 0.3 is 0 Å². The fraction of sp³-hybridized carbons (Fsp3) is 0.400. The lowest BCUT2D eigenvalue weighted by Gasteiger charge is -2.31. The van der Waals surface area contributed by atoms with Crippen molar-refractivity contribution >= 4 is 28.8 Å². The largest absolute Gasteiger partial charge is 0.327 e. The molecule has 0 bridgehead atoms. The molecule has 5 nitrogen and oxygen atoms in total. The molecule has 1 aliphatic rings. The van der Waals surface area contributed by atoms with Gasteiger partial charge in [0.05, 0.1) is 31.1 Å². The average Bonchev–Trinajstić information content (AvgIpc) is 3.08. The molecule has 1 fully saturated rings. The zero-order valence-electron chi connectivity index (χ0n) is 15.4. The summed E-state index contributed by atoms with van der Waals surface area (Å²) in [5, 5.41) is 3.03. The number of hydrogen-bond donors (Lipinski definition) is 2. The Labute approximate surface area is 158 Å². The van der Waals surface area contributed by atoms with Gasteiger partial charge in [-0.3, -0.25) is 9.59 Å². The van der Waals surface area contributed by atoms with Gasteiger partial charge < -0.3 is 15.1 Å². The van der Waals surface area contributed by atoms with Gasteiger partial charge in [-0.1, -0.05) is 25.1 Å². The number of benzene rings is 1. The van der Waals surface area contributed by atoms with Gasteiger partial charge in [-0.15, -0.1) is 11.3 Å². The van der Waals surface area contributed by atoms with Gasteiger partial charge in [-0.25, -0.2) is 0 Å². The third-order valence-corrected chi connectivity index (χ3v) is 5.78. The van der Waals surface area contributed by atoms with Crippen LogP contribution in [0.2, 0.25) is 0 Å². The first-order chi connectivity index (χ1) is 12.6. The number of anilines is 1. The van der Waals surface area contributed by atoms with Crippen LogP contribution in [0.4, 0.5) is 5.69 Å². The van der Waals surface area contributed by atoms with E-state index in [9.17, 15) is 9.59 Å². The summed E-state index contributed by atoms with van der Waals surface area (Å²) >= 11 is 1.54. The Morgan fingerprint density at radius 2 is 1.88 bits per heavy atom. The van der Waals surface area contributed by atoms with Crippen molar-refractivity contribution in [3.05, 3.63) is 51.7 Å². The molecule has 138 valence electrons. The summed E-state index contributed by atoms with van der Waals surface area (Å²) in [6.07, 6.45) is 0.895. The summed E-state index contributed by atoms with van der Waals surface area (Å²) in [6, 6.07) is 11.8. The van der Waals surface area contributed by atoms with E-state index in [2.05, 4.69) is 12.2 Å². The predicted molar refractivity (Wildman–Crippen MR) is 105 cm³/mol. The number of piperazine rings is 1. The first-order valence-electron chi connectivity index (χ1n) is 9.14. The Hall–Kier alpha value is -2.18. The number of carbonyl (C=O) groups excluding carboxylic acids is 2. The van der Waals surface area contributed by atoms with E-state index in [0.29, 0.717) is 19.6 Å². The highest BCUT2D eigenvalue weighted by atomic mass is 32.1. The number of amides is 2. The van der Waals surface area contributed by atoms with Crippen LogP contribution in [0.5, 0.6) is 0 Å². The van der Waals surface area contributed by atoms with Gasteiger partial charge in [0.2, 0.25) is 0 Å². The highest BCUT2D eigenvalue weighted by molar-refractivity contribution is 7.13. The molecule has 1 saturated heterocycles. The van der Waals surface area contributed by atoms with E-state index in [1.807, 2.05) is 48.2 Å². The fourth-order valence-electron chi connectivity index (χ4n) is 3.28. The molecule has 0 saturated carbocycles. The Kier molecular flexibility index (Phi) is 6.06. The monoisotopic (exact) mass is 372 g/mol. The Bertz CT molecular complexity index is 779. The molecule has 3 rings (SSSR count). The summed E-state index contributed by atoms with van der Waals surface area (Å²) in [4.78, 5) is 30.0. The van der Waals surface area contributed by atoms with Crippen LogP contribution in [-0.4, -0.2) is 49.4 Å². The first-order valence-corrected chi connectivity index (χ1v) is 9.95. The summed E-state index contributed by atoms with van der Waals surface area (Å²) in [5.41, 5.74) is 2.05. The number of para-hydroxylation sites is 1. The van der Waals surface area contributed by atoms with Gasteiger partial charge in [0.25, 0.3) is 11.8 Å². The lowest BCUT2D eigenvalue weighted by atomic mass is 10.1. The fourth-order valence-corrected chi connectivity index (χ4v) is 4.12. The van der Waals surface area contributed by atoms with E-state index in [0.717, 1.165) is 40.5 Å². The molecule has 2 amide bonds. The molecular formula is C20H26N3O2S+. The number of thiophene rings is 1. The minimum absolute atomic E-state index is 0.0366. The van der Waals surface area contributed by atoms with Gasteiger partial charge in [0.15, 0.2) is 6.54 Å². The topological polar surface area (TPSA) is 53.9 Å². The SMILES string of the molecule is CCc1ccccc1NC(=O)C[NH+]1CCN(C(=O)c2ccc(C)s2)CC1. The molecule has 0 radical (unpaired) electrons. The van der Waals surface area contributed by atoms with E-state index in [1.54, 1.807) is 11.3 Å². The highest BCUT2D eigenvalue weighted by Crippen LogP contribution is 2.17. The van der Waals surface area contributed by atoms with Crippen LogP contribution < -0.4 is 10.2 Å². The number of nitrogens with one attached hydrogen (secondary N) is 2. The Balaban J connectivity index is 1.49. The summed E-state index contributed by atoms with van der Waals surface area (Å²) in [6.45, 7) is 7.55. The summed E-state index contributed by atoms with van der Waals surface area (Å²) < 4.78 is 0. The maximum Gasteiger partial charge on any atom is 0.279 e. The summed E-state index contributed by atoms with van der Waals surface area (Å²) in [5.74, 6) is 0.151. The predicted octanol–water partition coefficient (Wildman–Crippen LogP) is 1.60. The van der Waals surface area contributed by atoms with Crippen LogP contribution in [-0.2, 0) is 11.2 Å². The second kappa shape index (κ2) is 8.47. The number of quaternary nitrogens is 1. The van der Waals surface area contributed by atoms with Gasteiger partial charge in [-0.05, 0) is 37.1 Å². The Morgan fingerprint density at radius 3 is 2.54 bits per heavy atom. The third-order valence-electron chi connectivity index (χ3n) is 4.79. The van der Waals surface area contributed by atoms with Crippen molar-refractivity contribution in [1.82, 2.24) is 4.90 Å². The maximum atomic E-state index is 12.5. The van der Waals surface area contributed by atoms with Crippen molar-refractivity contribution in [1.29, 1.82) is 0 Å². The molecular weight excluding hydrogens is 346 g/mol. The summed E-state index contributed by atoms with van der Waals surface area (Å²) in [7, 11) is 0. The quantitative estimate of drug-likeness (QED) is 0.838. The molecule has 2 heterocycles. The molecule has 2 aromatic rings. The van der Waals surface area contributed by atoms with Crippen LogP contribution in [0.1, 0.15) is 27.0 Å². The average molecular weight is 373 g/mol. The highest BCUT2D eigenvalue weighted by Gasteiger charge is 2.26. The molecule has 26 heavy (non-hydrogen) atoms. The minimum atomic E-state index is 0.0366. The van der Waals surface area contributed by atoms with Crippen LogP contribution in [0, 0.1) is 6.92 Å². The molecule has 6 heteroatoms. The van der Waals surface area contributed by atoms with Crippen molar-refractivity contribution in [2.75, 3.05) is 38.0 Å². The number of aryl methyl sites for hydroxylation is 2. The lowest BCUT2D eigenvalue weighted by molar-refractivity contribution is -0.895. The molecule has 0 aliphatic carbocycles. The lowest BCUT2D eigenvalue weighted by Crippen LogP contribution is -3.15. The van der Waals surface area contributed by atoms with Crippen LogP contribution in [0.3, 0.4) is 0 Å². The van der Waals surface area contributed by atoms with Crippen molar-refractivity contribution < 1.29 is 14.5 Å². The number of rotatable bonds is 5. The molecule has 0 unspecified atom stereocenters. The minimum Gasteiger partial charge on any atom is -0.327 e. The van der Waals surface area contributed by atoms with E-state index >= 15 is 0 Å². The number of nitrogens with zero attached hydrogens (tertiary/aromatic N) is 1. The van der Waals surface area contributed by atoms with Gasteiger partial charge in [0, 0.05) is 10.6 Å². The van der Waals surface area contributed by atoms with Crippen molar-refractivity contribution in [2.24, 2.45) is 0 Å². The molecule has 0 spiro atoms. The molecule has 1 aromatic carbocycles. The van der Waals surface area contributed by atoms with Crippen molar-refractivity contribution in [2.45, 2.75) is 20.3 Å². The first kappa shape index (κ1) is 18.6. The smallest absolute Gasteiger partial charge is 0.279 e. The number of hydrogen-bond acceptors (Lipinski definition) is 3. The van der Waals surface area contributed by atoms with Crippen molar-refractivity contribution in [3.8, 4) is 0 Å². The second-order valence-corrected chi connectivity index (χ2v) is 7.98. The van der Waals surface area contributed by atoms with Crippen LogP contribution in [0.15, 0.2) is 36.4 Å². The van der Waals surface area contributed by atoms with E-state index < -0.39 is 0 Å². The van der Waals surface area contributed by atoms with E-state index in [1.165, 1.54) is 4.90 Å². The molecule has 1 aromatic heterocycles. The normalized spacial score (nSPS) is 15.1. The zero-order chi connectivity index (χ0) is 18.5. The van der Waals surface area contributed by atoms with Crippen LogP contribution >= 0.6 is 11.3 Å². The second-order valence-electron chi connectivity index (χ2n) is 6.69. The maximum absolute atomic E-state index is 12.5. The van der Waals surface area contributed by atoms with E-state index in [-0.39, 0.29) is 11.8 Å². The van der Waals surface area contributed by atoms with Gasteiger partial charge in [0.1, 0.15) is 0 Å². The molecule has 2 N–H and O–H groups in total. The number of carbonyl (C=O) groups is 2. The Morgan fingerprint density at radius 1 is 1.15 bits per heavy atom. The standard InChI is InChI=1S/C20H25N3O2S/c1-3-16-6-4-5-7-17(16)21-19(24)14-22-10-12-23(13-11-22)20(25)18-9-8-15(2)26-18/h4-9H,3,10-14H2,1-2H3,(H,21,24)/p+1. The van der Waals surface area contributed by atoms with Crippen molar-refractivity contribution in [3.63, 3.8) is 0 Å². The zero-order valence-corrected chi connectivity index (χ0v) is 16.2. The van der Waals surface area contributed by atoms with Crippen LogP contribution in [0.25, 0.3) is 0 Å². The third kappa shape index (κ3) is 4.51. The molecule has 0 atom stereocenters. The van der Waals surface area contributed by atoms with E-state index in [4.69, 9.17) is 0 Å².